The second kappa shape index (κ2) is 9.06. The van der Waals surface area contributed by atoms with Crippen LogP contribution in [0.3, 0.4) is 0 Å². The fraction of sp³-hybridized carbons (Fsp3) is 0.318. The Kier molecular flexibility index (Phi) is 6.25. The van der Waals surface area contributed by atoms with E-state index in [1.807, 2.05) is 0 Å². The molecule has 3 aromatic rings. The third kappa shape index (κ3) is 4.77. The Morgan fingerprint density at radius 3 is 2.80 bits per heavy atom. The van der Waals surface area contributed by atoms with Crippen LogP contribution in [0.4, 0.5) is 5.69 Å². The second-order valence-corrected chi connectivity index (χ2v) is 8.32. The molecule has 2 aromatic carbocycles. The number of nitrogens with zero attached hydrogens (tertiary/aromatic N) is 3. The van der Waals surface area contributed by atoms with Crippen molar-refractivity contribution in [1.29, 1.82) is 0 Å². The van der Waals surface area contributed by atoms with Crippen LogP contribution < -0.4 is 10.2 Å². The van der Waals surface area contributed by atoms with Crippen LogP contribution in [0.25, 0.3) is 11.4 Å². The number of nitrogens with one attached hydrogen (secondary N) is 1. The normalized spacial score (nSPS) is 16.5. The number of hydrogen-bond donors (Lipinski definition) is 1. The number of benzene rings is 2. The number of carbonyl (C=O) groups excluding carboxylic acids is 1. The zero-order chi connectivity index (χ0) is 21.1. The van der Waals surface area contributed by atoms with E-state index in [4.69, 9.17) is 27.7 Å². The van der Waals surface area contributed by atoms with Gasteiger partial charge < -0.3 is 14.7 Å². The lowest BCUT2D eigenvalue weighted by Gasteiger charge is -2.33. The fourth-order valence-electron chi connectivity index (χ4n) is 3.60. The summed E-state index contributed by atoms with van der Waals surface area (Å²) in [7, 11) is 0. The monoisotopic (exact) mass is 444 g/mol. The molecule has 0 spiro atoms. The highest BCUT2D eigenvalue weighted by Gasteiger charge is 2.26. The van der Waals surface area contributed by atoms with E-state index in [0.717, 1.165) is 25.1 Å². The van der Waals surface area contributed by atoms with E-state index >= 15 is 0 Å². The summed E-state index contributed by atoms with van der Waals surface area (Å²) < 4.78 is 5.27. The standard InChI is InChI=1S/C22H22Cl2N4O2/c1-14-4-7-17(8-5-14)28-10-2-3-15(13-28)22(29)25-12-20-26-21(27-30-20)18-9-6-16(23)11-19(18)24/h4-9,11,15H,2-3,10,12-13H2,1H3,(H,25,29)/t15-/m1/s1. The summed E-state index contributed by atoms with van der Waals surface area (Å²) in [6.45, 7) is 3.91. The summed E-state index contributed by atoms with van der Waals surface area (Å²) in [5, 5.41) is 7.85. The highest BCUT2D eigenvalue weighted by molar-refractivity contribution is 6.36. The summed E-state index contributed by atoms with van der Waals surface area (Å²) in [5.74, 6) is 0.615. The average Bonchev–Trinajstić information content (AvgIpc) is 3.21. The lowest BCUT2D eigenvalue weighted by atomic mass is 9.96. The van der Waals surface area contributed by atoms with Gasteiger partial charge in [-0.1, -0.05) is 46.1 Å². The first-order chi connectivity index (χ1) is 14.5. The number of piperidine rings is 1. The van der Waals surface area contributed by atoms with Crippen molar-refractivity contribution in [2.45, 2.75) is 26.3 Å². The Labute approximate surface area is 185 Å². The highest BCUT2D eigenvalue weighted by atomic mass is 35.5. The van der Waals surface area contributed by atoms with Gasteiger partial charge in [-0.25, -0.2) is 0 Å². The number of rotatable bonds is 5. The first-order valence-corrected chi connectivity index (χ1v) is 10.6. The molecule has 2 heterocycles. The predicted octanol–water partition coefficient (Wildman–Crippen LogP) is 4.88. The molecular weight excluding hydrogens is 423 g/mol. The van der Waals surface area contributed by atoms with Gasteiger partial charge in [0.05, 0.1) is 17.5 Å². The van der Waals surface area contributed by atoms with Gasteiger partial charge in [-0.05, 0) is 50.1 Å². The summed E-state index contributed by atoms with van der Waals surface area (Å²) in [6.07, 6.45) is 1.84. The second-order valence-electron chi connectivity index (χ2n) is 7.47. The molecule has 8 heteroatoms. The first kappa shape index (κ1) is 20.7. The molecule has 0 saturated carbocycles. The van der Waals surface area contributed by atoms with Gasteiger partial charge in [-0.2, -0.15) is 4.98 Å². The van der Waals surface area contributed by atoms with Gasteiger partial charge in [0.25, 0.3) is 0 Å². The van der Waals surface area contributed by atoms with Gasteiger partial charge >= 0.3 is 0 Å². The maximum Gasteiger partial charge on any atom is 0.246 e. The van der Waals surface area contributed by atoms with E-state index in [1.165, 1.54) is 5.56 Å². The van der Waals surface area contributed by atoms with E-state index in [1.54, 1.807) is 18.2 Å². The Morgan fingerprint density at radius 2 is 2.03 bits per heavy atom. The molecule has 0 aliphatic carbocycles. The number of aromatic nitrogens is 2. The van der Waals surface area contributed by atoms with Crippen LogP contribution >= 0.6 is 23.2 Å². The fourth-order valence-corrected chi connectivity index (χ4v) is 4.09. The molecule has 1 aromatic heterocycles. The third-order valence-corrected chi connectivity index (χ3v) is 5.79. The summed E-state index contributed by atoms with van der Waals surface area (Å²) in [4.78, 5) is 19.3. The van der Waals surface area contributed by atoms with E-state index in [9.17, 15) is 4.79 Å². The van der Waals surface area contributed by atoms with E-state index in [-0.39, 0.29) is 18.4 Å². The van der Waals surface area contributed by atoms with Gasteiger partial charge in [0, 0.05) is 29.4 Å². The maximum absolute atomic E-state index is 12.7. The van der Waals surface area contributed by atoms with Crippen LogP contribution in [0, 0.1) is 12.8 Å². The lowest BCUT2D eigenvalue weighted by Crippen LogP contribution is -2.43. The largest absolute Gasteiger partial charge is 0.371 e. The van der Waals surface area contributed by atoms with E-state index < -0.39 is 0 Å². The lowest BCUT2D eigenvalue weighted by molar-refractivity contribution is -0.125. The predicted molar refractivity (Wildman–Crippen MR) is 118 cm³/mol. The number of aryl methyl sites for hydroxylation is 1. The Hall–Kier alpha value is -2.57. The maximum atomic E-state index is 12.7. The Bertz CT molecular complexity index is 1040. The molecule has 1 aliphatic heterocycles. The molecule has 1 amide bonds. The summed E-state index contributed by atoms with van der Waals surface area (Å²) >= 11 is 12.1. The minimum absolute atomic E-state index is 0.00362. The molecule has 6 nitrogen and oxygen atoms in total. The summed E-state index contributed by atoms with van der Waals surface area (Å²) in [6, 6.07) is 13.5. The van der Waals surface area contributed by atoms with Crippen molar-refractivity contribution in [3.05, 3.63) is 64.0 Å². The number of carbonyl (C=O) groups is 1. The minimum atomic E-state index is -0.0758. The topological polar surface area (TPSA) is 71.3 Å². The molecule has 1 fully saturated rings. The molecule has 0 bridgehead atoms. The molecular formula is C22H22Cl2N4O2. The Balaban J connectivity index is 1.35. The van der Waals surface area contributed by atoms with Crippen LogP contribution in [-0.2, 0) is 11.3 Å². The molecule has 1 aliphatic rings. The van der Waals surface area contributed by atoms with Gasteiger partial charge in [0.1, 0.15) is 0 Å². The van der Waals surface area contributed by atoms with Crippen molar-refractivity contribution in [1.82, 2.24) is 15.5 Å². The number of anilines is 1. The van der Waals surface area contributed by atoms with Crippen molar-refractivity contribution < 1.29 is 9.32 Å². The van der Waals surface area contributed by atoms with Crippen molar-refractivity contribution in [2.24, 2.45) is 5.92 Å². The van der Waals surface area contributed by atoms with E-state index in [2.05, 4.69) is 51.5 Å². The van der Waals surface area contributed by atoms with Gasteiger partial charge in [-0.15, -0.1) is 0 Å². The molecule has 1 atom stereocenters. The van der Waals surface area contributed by atoms with Crippen molar-refractivity contribution in [3.63, 3.8) is 0 Å². The zero-order valence-electron chi connectivity index (χ0n) is 16.6. The molecule has 1 saturated heterocycles. The molecule has 1 N–H and O–H groups in total. The highest BCUT2D eigenvalue weighted by Crippen LogP contribution is 2.28. The van der Waals surface area contributed by atoms with Crippen LogP contribution in [0.2, 0.25) is 10.0 Å². The third-order valence-electron chi connectivity index (χ3n) is 5.25. The van der Waals surface area contributed by atoms with Crippen LogP contribution in [0.1, 0.15) is 24.3 Å². The van der Waals surface area contributed by atoms with Crippen LogP contribution in [0.5, 0.6) is 0 Å². The number of hydrogen-bond acceptors (Lipinski definition) is 5. The van der Waals surface area contributed by atoms with Crippen molar-refractivity contribution >= 4 is 34.8 Å². The molecule has 0 radical (unpaired) electrons. The van der Waals surface area contributed by atoms with Crippen LogP contribution in [-0.4, -0.2) is 29.1 Å². The molecule has 0 unspecified atom stereocenters. The SMILES string of the molecule is Cc1ccc(N2CCC[C@@H](C(=O)NCc3nc(-c4ccc(Cl)cc4Cl)no3)C2)cc1. The summed E-state index contributed by atoms with van der Waals surface area (Å²) in [5.41, 5.74) is 3.01. The van der Waals surface area contributed by atoms with Gasteiger partial charge in [-0.3, -0.25) is 4.79 Å². The first-order valence-electron chi connectivity index (χ1n) is 9.87. The molecule has 4 rings (SSSR count). The molecule has 30 heavy (non-hydrogen) atoms. The van der Waals surface area contributed by atoms with Crippen molar-refractivity contribution in [2.75, 3.05) is 18.0 Å². The number of amides is 1. The van der Waals surface area contributed by atoms with Crippen molar-refractivity contribution in [3.8, 4) is 11.4 Å². The quantitative estimate of drug-likeness (QED) is 0.606. The van der Waals surface area contributed by atoms with Gasteiger partial charge in [0.15, 0.2) is 0 Å². The minimum Gasteiger partial charge on any atom is -0.371 e. The van der Waals surface area contributed by atoms with Crippen LogP contribution in [0.15, 0.2) is 47.0 Å². The van der Waals surface area contributed by atoms with Gasteiger partial charge in [0.2, 0.25) is 17.6 Å². The van der Waals surface area contributed by atoms with E-state index in [0.29, 0.717) is 33.9 Å². The molecule has 156 valence electrons. The smallest absolute Gasteiger partial charge is 0.246 e. The Morgan fingerprint density at radius 1 is 1.23 bits per heavy atom. The zero-order valence-corrected chi connectivity index (χ0v) is 18.1. The number of halogens is 2. The average molecular weight is 445 g/mol.